The number of fused-ring (bicyclic) bond motifs is 1. The molecule has 0 fully saturated rings. The number of methoxy groups -OCH3 is 1. The number of carbonyl (C=O) groups is 1. The lowest BCUT2D eigenvalue weighted by molar-refractivity contribution is -0.119. The van der Waals surface area contributed by atoms with Crippen LogP contribution >= 0.6 is 0 Å². The van der Waals surface area contributed by atoms with Crippen LogP contribution in [0.3, 0.4) is 0 Å². The molecule has 0 aromatic heterocycles. The zero-order chi connectivity index (χ0) is 13.1. The van der Waals surface area contributed by atoms with E-state index in [0.717, 1.165) is 22.1 Å². The lowest BCUT2D eigenvalue weighted by Crippen LogP contribution is -2.23. The summed E-state index contributed by atoms with van der Waals surface area (Å²) in [6, 6.07) is 12.2. The fraction of sp³-hybridized carbons (Fsp3) is 0.267. The third kappa shape index (κ3) is 2.62. The maximum atomic E-state index is 11.0. The Balaban J connectivity index is 2.35. The summed E-state index contributed by atoms with van der Waals surface area (Å²) in [6.07, 6.45) is 0. The van der Waals surface area contributed by atoms with Gasteiger partial charge in [0.2, 0.25) is 5.91 Å². The Morgan fingerprint density at radius 3 is 2.50 bits per heavy atom. The largest absolute Gasteiger partial charge is 0.497 e. The van der Waals surface area contributed by atoms with Crippen molar-refractivity contribution in [1.29, 1.82) is 0 Å². The van der Waals surface area contributed by atoms with Crippen LogP contribution in [0.25, 0.3) is 10.8 Å². The van der Waals surface area contributed by atoms with Crippen molar-refractivity contribution in [2.45, 2.75) is 19.9 Å². The van der Waals surface area contributed by atoms with Gasteiger partial charge in [0, 0.05) is 6.92 Å². The van der Waals surface area contributed by atoms with Gasteiger partial charge in [-0.25, -0.2) is 0 Å². The summed E-state index contributed by atoms with van der Waals surface area (Å²) in [7, 11) is 1.66. The molecular formula is C15H17NO2. The average Bonchev–Trinajstić information content (AvgIpc) is 2.36. The third-order valence-corrected chi connectivity index (χ3v) is 2.99. The Bertz CT molecular complexity index is 578. The van der Waals surface area contributed by atoms with Crippen LogP contribution in [0.15, 0.2) is 36.4 Å². The van der Waals surface area contributed by atoms with Crippen molar-refractivity contribution in [3.8, 4) is 5.75 Å². The fourth-order valence-electron chi connectivity index (χ4n) is 2.03. The average molecular weight is 243 g/mol. The molecule has 2 aromatic rings. The minimum Gasteiger partial charge on any atom is -0.497 e. The summed E-state index contributed by atoms with van der Waals surface area (Å²) in [5.41, 5.74) is 1.10. The lowest BCUT2D eigenvalue weighted by Gasteiger charge is -2.13. The Morgan fingerprint density at radius 1 is 1.17 bits per heavy atom. The molecule has 0 aliphatic carbocycles. The molecule has 0 spiro atoms. The van der Waals surface area contributed by atoms with Crippen molar-refractivity contribution in [2.75, 3.05) is 7.11 Å². The van der Waals surface area contributed by atoms with E-state index in [1.807, 2.05) is 37.3 Å². The number of carbonyl (C=O) groups excluding carboxylic acids is 1. The summed E-state index contributed by atoms with van der Waals surface area (Å²) >= 11 is 0. The Hall–Kier alpha value is -2.03. The van der Waals surface area contributed by atoms with Crippen molar-refractivity contribution in [3.63, 3.8) is 0 Å². The first-order valence-electron chi connectivity index (χ1n) is 5.95. The molecule has 0 saturated carbocycles. The summed E-state index contributed by atoms with van der Waals surface area (Å²) in [4.78, 5) is 11.0. The highest BCUT2D eigenvalue weighted by atomic mass is 16.5. The van der Waals surface area contributed by atoms with Crippen LogP contribution in [-0.4, -0.2) is 13.0 Å². The second-order valence-electron chi connectivity index (χ2n) is 4.39. The van der Waals surface area contributed by atoms with Crippen LogP contribution in [0.2, 0.25) is 0 Å². The SMILES string of the molecule is COc1ccc2cc(C(C)NC(C)=O)ccc2c1. The summed E-state index contributed by atoms with van der Waals surface area (Å²) < 4.78 is 5.20. The highest BCUT2D eigenvalue weighted by Crippen LogP contribution is 2.24. The van der Waals surface area contributed by atoms with Gasteiger partial charge in [0.05, 0.1) is 13.2 Å². The molecule has 1 N–H and O–H groups in total. The van der Waals surface area contributed by atoms with Crippen LogP contribution in [0, 0.1) is 0 Å². The van der Waals surface area contributed by atoms with Gasteiger partial charge < -0.3 is 10.1 Å². The highest BCUT2D eigenvalue weighted by Gasteiger charge is 2.07. The van der Waals surface area contributed by atoms with Crippen LogP contribution in [0.1, 0.15) is 25.5 Å². The van der Waals surface area contributed by atoms with Crippen molar-refractivity contribution in [1.82, 2.24) is 5.32 Å². The molecule has 0 aliphatic rings. The second kappa shape index (κ2) is 5.08. The van der Waals surface area contributed by atoms with Gasteiger partial charge in [-0.3, -0.25) is 4.79 Å². The quantitative estimate of drug-likeness (QED) is 0.899. The van der Waals surface area contributed by atoms with Gasteiger partial charge in [0.1, 0.15) is 5.75 Å². The number of amides is 1. The summed E-state index contributed by atoms with van der Waals surface area (Å²) in [5, 5.41) is 5.16. The second-order valence-corrected chi connectivity index (χ2v) is 4.39. The number of hydrogen-bond acceptors (Lipinski definition) is 2. The minimum absolute atomic E-state index is 0.0164. The van der Waals surface area contributed by atoms with E-state index in [4.69, 9.17) is 4.74 Å². The molecule has 3 nitrogen and oxygen atoms in total. The number of benzene rings is 2. The number of rotatable bonds is 3. The first-order chi connectivity index (χ1) is 8.60. The molecule has 1 atom stereocenters. The normalized spacial score (nSPS) is 12.2. The molecule has 0 bridgehead atoms. The maximum absolute atomic E-state index is 11.0. The van der Waals surface area contributed by atoms with Crippen molar-refractivity contribution >= 4 is 16.7 Å². The monoisotopic (exact) mass is 243 g/mol. The van der Waals surface area contributed by atoms with Gasteiger partial charge in [-0.05, 0) is 41.5 Å². The highest BCUT2D eigenvalue weighted by molar-refractivity contribution is 5.84. The molecule has 1 amide bonds. The van der Waals surface area contributed by atoms with E-state index in [1.165, 1.54) is 6.92 Å². The van der Waals surface area contributed by atoms with Gasteiger partial charge in [0.25, 0.3) is 0 Å². The predicted octanol–water partition coefficient (Wildman–Crippen LogP) is 3.05. The summed E-state index contributed by atoms with van der Waals surface area (Å²) in [6.45, 7) is 3.51. The van der Waals surface area contributed by atoms with E-state index in [2.05, 4.69) is 11.4 Å². The fourth-order valence-corrected chi connectivity index (χ4v) is 2.03. The molecule has 0 radical (unpaired) electrons. The van der Waals surface area contributed by atoms with Crippen molar-refractivity contribution < 1.29 is 9.53 Å². The molecular weight excluding hydrogens is 226 g/mol. The van der Waals surface area contributed by atoms with E-state index in [-0.39, 0.29) is 11.9 Å². The van der Waals surface area contributed by atoms with Gasteiger partial charge in [-0.1, -0.05) is 18.2 Å². The first kappa shape index (κ1) is 12.4. The minimum atomic E-state index is -0.0164. The van der Waals surface area contributed by atoms with Crippen molar-refractivity contribution in [3.05, 3.63) is 42.0 Å². The van der Waals surface area contributed by atoms with Crippen LogP contribution < -0.4 is 10.1 Å². The zero-order valence-electron chi connectivity index (χ0n) is 10.9. The topological polar surface area (TPSA) is 38.3 Å². The van der Waals surface area contributed by atoms with E-state index < -0.39 is 0 Å². The van der Waals surface area contributed by atoms with Gasteiger partial charge in [-0.15, -0.1) is 0 Å². The molecule has 3 heteroatoms. The first-order valence-corrected chi connectivity index (χ1v) is 5.95. The smallest absolute Gasteiger partial charge is 0.217 e. The number of nitrogens with one attached hydrogen (secondary N) is 1. The molecule has 1 unspecified atom stereocenters. The summed E-state index contributed by atoms with van der Waals surface area (Å²) in [5.74, 6) is 0.836. The predicted molar refractivity (Wildman–Crippen MR) is 72.7 cm³/mol. The Morgan fingerprint density at radius 2 is 1.83 bits per heavy atom. The molecule has 18 heavy (non-hydrogen) atoms. The van der Waals surface area contributed by atoms with Crippen molar-refractivity contribution in [2.24, 2.45) is 0 Å². The Kier molecular flexibility index (Phi) is 3.51. The van der Waals surface area contributed by atoms with Gasteiger partial charge in [-0.2, -0.15) is 0 Å². The molecule has 2 rings (SSSR count). The Labute approximate surface area is 107 Å². The number of ether oxygens (including phenoxy) is 1. The van der Waals surface area contributed by atoms with Crippen LogP contribution in [0.5, 0.6) is 5.75 Å². The van der Waals surface area contributed by atoms with Gasteiger partial charge >= 0.3 is 0 Å². The molecule has 94 valence electrons. The molecule has 0 saturated heterocycles. The standard InChI is InChI=1S/C15H17NO2/c1-10(16-11(2)17)12-4-5-14-9-15(18-3)7-6-13(14)8-12/h4-10H,1-3H3,(H,16,17). The zero-order valence-corrected chi connectivity index (χ0v) is 10.9. The van der Waals surface area contributed by atoms with E-state index in [9.17, 15) is 4.79 Å². The lowest BCUT2D eigenvalue weighted by atomic mass is 10.0. The maximum Gasteiger partial charge on any atom is 0.217 e. The molecule has 0 heterocycles. The van der Waals surface area contributed by atoms with Crippen LogP contribution in [-0.2, 0) is 4.79 Å². The number of hydrogen-bond donors (Lipinski definition) is 1. The van der Waals surface area contributed by atoms with Gasteiger partial charge in [0.15, 0.2) is 0 Å². The van der Waals surface area contributed by atoms with Crippen LogP contribution in [0.4, 0.5) is 0 Å². The van der Waals surface area contributed by atoms with E-state index in [1.54, 1.807) is 7.11 Å². The molecule has 2 aromatic carbocycles. The van der Waals surface area contributed by atoms with E-state index >= 15 is 0 Å². The third-order valence-electron chi connectivity index (χ3n) is 2.99. The molecule has 0 aliphatic heterocycles. The van der Waals surface area contributed by atoms with E-state index in [0.29, 0.717) is 0 Å².